The summed E-state index contributed by atoms with van der Waals surface area (Å²) in [5, 5.41) is 3.77. The first-order valence-corrected chi connectivity index (χ1v) is 8.73. The summed E-state index contributed by atoms with van der Waals surface area (Å²) in [6, 6.07) is 9.57. The van der Waals surface area contributed by atoms with Gasteiger partial charge in [0, 0.05) is 23.1 Å². The van der Waals surface area contributed by atoms with Crippen LogP contribution in [0.15, 0.2) is 57.3 Å². The van der Waals surface area contributed by atoms with E-state index in [0.29, 0.717) is 5.56 Å². The molecule has 0 bridgehead atoms. The second-order valence-corrected chi connectivity index (χ2v) is 6.46. The van der Waals surface area contributed by atoms with Gasteiger partial charge in [-0.3, -0.25) is 14.3 Å². The zero-order chi connectivity index (χ0) is 20.3. The zero-order valence-corrected chi connectivity index (χ0v) is 15.3. The SMILES string of the molecule is CCC1(N=[N+]=[N-])OC(n2ccc(=O)[nH]c2=O)C(C)C1OC(=O)c1ccccc1. The van der Waals surface area contributed by atoms with E-state index < -0.39 is 41.2 Å². The first-order chi connectivity index (χ1) is 13.4. The third-order valence-electron chi connectivity index (χ3n) is 4.79. The van der Waals surface area contributed by atoms with E-state index in [9.17, 15) is 14.4 Å². The number of nitrogens with zero attached hydrogens (tertiary/aromatic N) is 4. The van der Waals surface area contributed by atoms with Gasteiger partial charge >= 0.3 is 11.7 Å². The molecule has 1 aromatic heterocycles. The summed E-state index contributed by atoms with van der Waals surface area (Å²) < 4.78 is 12.8. The van der Waals surface area contributed by atoms with E-state index in [1.807, 2.05) is 0 Å². The molecule has 2 heterocycles. The Kier molecular flexibility index (Phi) is 5.34. The van der Waals surface area contributed by atoms with Gasteiger partial charge in [0.25, 0.3) is 5.56 Å². The van der Waals surface area contributed by atoms with Crippen molar-refractivity contribution in [1.82, 2.24) is 9.55 Å². The molecule has 0 radical (unpaired) electrons. The highest BCUT2D eigenvalue weighted by atomic mass is 16.6. The molecule has 1 aliphatic heterocycles. The van der Waals surface area contributed by atoms with Crippen LogP contribution in [0.5, 0.6) is 0 Å². The minimum Gasteiger partial charge on any atom is -0.455 e. The maximum absolute atomic E-state index is 12.6. The molecule has 28 heavy (non-hydrogen) atoms. The monoisotopic (exact) mass is 385 g/mol. The summed E-state index contributed by atoms with van der Waals surface area (Å²) in [6.07, 6.45) is -0.337. The highest BCUT2D eigenvalue weighted by Crippen LogP contribution is 2.45. The molecule has 1 aliphatic rings. The molecule has 1 fully saturated rings. The van der Waals surface area contributed by atoms with Crippen molar-refractivity contribution in [3.63, 3.8) is 0 Å². The van der Waals surface area contributed by atoms with E-state index in [4.69, 9.17) is 15.0 Å². The number of hydrogen-bond donors (Lipinski definition) is 1. The third-order valence-corrected chi connectivity index (χ3v) is 4.79. The molecule has 0 spiro atoms. The number of hydrogen-bond acceptors (Lipinski definition) is 6. The van der Waals surface area contributed by atoms with Gasteiger partial charge in [0.1, 0.15) is 12.3 Å². The van der Waals surface area contributed by atoms with Gasteiger partial charge in [-0.15, -0.1) is 0 Å². The van der Waals surface area contributed by atoms with E-state index in [1.165, 1.54) is 16.8 Å². The highest BCUT2D eigenvalue weighted by Gasteiger charge is 2.55. The first kappa shape index (κ1) is 19.4. The van der Waals surface area contributed by atoms with Gasteiger partial charge in [-0.2, -0.15) is 0 Å². The number of ether oxygens (including phenoxy) is 2. The average molecular weight is 385 g/mol. The molecule has 2 aromatic rings. The highest BCUT2D eigenvalue weighted by molar-refractivity contribution is 5.89. The number of rotatable bonds is 5. The van der Waals surface area contributed by atoms with E-state index in [0.717, 1.165) is 0 Å². The number of H-pyrrole nitrogens is 1. The Morgan fingerprint density at radius 2 is 2.07 bits per heavy atom. The number of esters is 1. The molecule has 4 unspecified atom stereocenters. The van der Waals surface area contributed by atoms with Crippen molar-refractivity contribution in [2.24, 2.45) is 11.0 Å². The largest absolute Gasteiger partial charge is 0.455 e. The van der Waals surface area contributed by atoms with Crippen molar-refractivity contribution >= 4 is 5.97 Å². The fraction of sp³-hybridized carbons (Fsp3) is 0.389. The molecule has 1 aromatic carbocycles. The van der Waals surface area contributed by atoms with Gasteiger partial charge < -0.3 is 9.47 Å². The van der Waals surface area contributed by atoms with Gasteiger partial charge in [-0.1, -0.05) is 37.2 Å². The number of carbonyl (C=O) groups is 1. The second kappa shape index (κ2) is 7.71. The van der Waals surface area contributed by atoms with Gasteiger partial charge in [0.2, 0.25) is 0 Å². The van der Waals surface area contributed by atoms with Gasteiger partial charge in [0.15, 0.2) is 5.72 Å². The van der Waals surface area contributed by atoms with Crippen molar-refractivity contribution < 1.29 is 14.3 Å². The Morgan fingerprint density at radius 3 is 2.68 bits per heavy atom. The molecule has 10 nitrogen and oxygen atoms in total. The number of aromatic amines is 1. The first-order valence-electron chi connectivity index (χ1n) is 8.73. The smallest absolute Gasteiger partial charge is 0.338 e. The Labute approximate surface area is 159 Å². The summed E-state index contributed by atoms with van der Waals surface area (Å²) in [7, 11) is 0. The van der Waals surface area contributed by atoms with Crippen LogP contribution >= 0.6 is 0 Å². The normalized spacial score (nSPS) is 26.4. The second-order valence-electron chi connectivity index (χ2n) is 6.46. The predicted molar refractivity (Wildman–Crippen MR) is 98.4 cm³/mol. The number of carbonyl (C=O) groups excluding carboxylic acids is 1. The van der Waals surface area contributed by atoms with Crippen LogP contribution in [0.2, 0.25) is 0 Å². The summed E-state index contributed by atoms with van der Waals surface area (Å²) >= 11 is 0. The fourth-order valence-corrected chi connectivity index (χ4v) is 3.35. The van der Waals surface area contributed by atoms with Crippen molar-refractivity contribution in [3.8, 4) is 0 Å². The summed E-state index contributed by atoms with van der Waals surface area (Å²) in [6.45, 7) is 3.44. The van der Waals surface area contributed by atoms with Crippen LogP contribution in [0.4, 0.5) is 0 Å². The van der Waals surface area contributed by atoms with E-state index >= 15 is 0 Å². The Hall–Kier alpha value is -3.36. The molecule has 1 saturated heterocycles. The minimum atomic E-state index is -1.49. The van der Waals surface area contributed by atoms with Crippen LogP contribution in [0.3, 0.4) is 0 Å². The molecular weight excluding hydrogens is 366 g/mol. The lowest BCUT2D eigenvalue weighted by molar-refractivity contribution is -0.105. The number of nitrogens with one attached hydrogen (secondary N) is 1. The molecule has 146 valence electrons. The molecule has 3 rings (SSSR count). The summed E-state index contributed by atoms with van der Waals surface area (Å²) in [5.74, 6) is -1.14. The van der Waals surface area contributed by atoms with Crippen molar-refractivity contribution in [2.75, 3.05) is 0 Å². The predicted octanol–water partition coefficient (Wildman–Crippen LogP) is 2.34. The van der Waals surface area contributed by atoms with E-state index in [2.05, 4.69) is 15.0 Å². The molecule has 1 N–H and O–H groups in total. The fourth-order valence-electron chi connectivity index (χ4n) is 3.35. The van der Waals surface area contributed by atoms with Crippen LogP contribution in [0, 0.1) is 5.92 Å². The molecule has 0 amide bonds. The van der Waals surface area contributed by atoms with Crippen LogP contribution in [-0.2, 0) is 9.47 Å². The van der Waals surface area contributed by atoms with E-state index in [-0.39, 0.29) is 6.42 Å². The minimum absolute atomic E-state index is 0.211. The summed E-state index contributed by atoms with van der Waals surface area (Å²) in [5.41, 5.74) is 6.68. The molecule has 4 atom stereocenters. The van der Waals surface area contributed by atoms with Crippen molar-refractivity contribution in [2.45, 2.75) is 38.3 Å². The molecular formula is C18H19N5O5. The third kappa shape index (κ3) is 3.42. The summed E-state index contributed by atoms with van der Waals surface area (Å²) in [4.78, 5) is 41.1. The lowest BCUT2D eigenvalue weighted by atomic mass is 9.95. The maximum atomic E-state index is 12.6. The van der Waals surface area contributed by atoms with Gasteiger partial charge in [0.05, 0.1) is 5.56 Å². The molecule has 0 aliphatic carbocycles. The number of aromatic nitrogens is 2. The molecule has 0 saturated carbocycles. The number of benzene rings is 1. The van der Waals surface area contributed by atoms with Crippen LogP contribution in [-0.4, -0.2) is 27.3 Å². The van der Waals surface area contributed by atoms with Gasteiger partial charge in [-0.05, 0) is 24.1 Å². The van der Waals surface area contributed by atoms with Crippen molar-refractivity contribution in [1.29, 1.82) is 0 Å². The number of azide groups is 1. The lowest BCUT2D eigenvalue weighted by Crippen LogP contribution is -2.41. The standard InChI is InChI=1S/C18H19N5O5/c1-3-18(21-22-19)14(27-16(25)12-7-5-4-6-8-12)11(2)15(28-18)23-10-9-13(24)20-17(23)26/h4-11,14-15H,3H2,1-2H3,(H,20,24,26). The van der Waals surface area contributed by atoms with Crippen LogP contribution < -0.4 is 11.2 Å². The topological polar surface area (TPSA) is 139 Å². The average Bonchev–Trinajstić information content (AvgIpc) is 2.95. The van der Waals surface area contributed by atoms with Gasteiger partial charge in [-0.25, -0.2) is 9.59 Å². The van der Waals surface area contributed by atoms with Crippen LogP contribution in [0.1, 0.15) is 36.9 Å². The lowest BCUT2D eigenvalue weighted by Gasteiger charge is -2.29. The zero-order valence-electron chi connectivity index (χ0n) is 15.3. The van der Waals surface area contributed by atoms with E-state index in [1.54, 1.807) is 44.2 Å². The van der Waals surface area contributed by atoms with Crippen molar-refractivity contribution in [3.05, 3.63) is 79.4 Å². The molecule has 10 heteroatoms. The Bertz CT molecular complexity index is 1030. The van der Waals surface area contributed by atoms with Crippen LogP contribution in [0.25, 0.3) is 10.4 Å². The maximum Gasteiger partial charge on any atom is 0.338 e. The Balaban J connectivity index is 2.00. The quantitative estimate of drug-likeness (QED) is 0.364. The Morgan fingerprint density at radius 1 is 1.36 bits per heavy atom.